The Bertz CT molecular complexity index is 1340. The second kappa shape index (κ2) is 10.5. The highest BCUT2D eigenvalue weighted by molar-refractivity contribution is 8.00. The molecule has 208 valence electrons. The molecule has 3 aliphatic rings. The number of imidazole rings is 1. The molecule has 3 N–H and O–H groups in total. The molecule has 1 aliphatic carbocycles. The van der Waals surface area contributed by atoms with E-state index in [9.17, 15) is 13.6 Å². The molecule has 0 bridgehead atoms. The van der Waals surface area contributed by atoms with E-state index >= 15 is 0 Å². The number of carbonyl (C=O) groups excluding carboxylic acids is 1. The summed E-state index contributed by atoms with van der Waals surface area (Å²) in [6, 6.07) is 7.36. The minimum atomic E-state index is -2.67. The van der Waals surface area contributed by atoms with Gasteiger partial charge in [0, 0.05) is 68.9 Å². The summed E-state index contributed by atoms with van der Waals surface area (Å²) in [5.41, 5.74) is 3.36. The molecular weight excluding hydrogens is 524 g/mol. The van der Waals surface area contributed by atoms with Gasteiger partial charge in [0.05, 0.1) is 17.9 Å². The molecule has 0 unspecified atom stereocenters. The van der Waals surface area contributed by atoms with Crippen molar-refractivity contribution in [2.45, 2.75) is 44.4 Å². The molecule has 0 radical (unpaired) electrons. The molecule has 6 rings (SSSR count). The van der Waals surface area contributed by atoms with Gasteiger partial charge in [-0.05, 0) is 49.3 Å². The van der Waals surface area contributed by atoms with E-state index in [2.05, 4.69) is 24.9 Å². The number of rotatable bonds is 8. The zero-order valence-corrected chi connectivity index (χ0v) is 22.5. The Morgan fingerprint density at radius 1 is 1.03 bits per heavy atom. The van der Waals surface area contributed by atoms with Gasteiger partial charge in [0.2, 0.25) is 5.95 Å². The van der Waals surface area contributed by atoms with Crippen molar-refractivity contribution < 1.29 is 18.7 Å². The van der Waals surface area contributed by atoms with Crippen molar-refractivity contribution >= 4 is 46.6 Å². The van der Waals surface area contributed by atoms with Crippen LogP contribution in [0.1, 0.15) is 48.9 Å². The quantitative estimate of drug-likeness (QED) is 0.272. The van der Waals surface area contributed by atoms with E-state index in [0.29, 0.717) is 34.1 Å². The molecule has 3 fully saturated rings. The Balaban J connectivity index is 1.26. The van der Waals surface area contributed by atoms with Crippen molar-refractivity contribution in [2.24, 2.45) is 5.41 Å². The molecule has 39 heavy (non-hydrogen) atoms. The Labute approximate surface area is 230 Å². The first-order chi connectivity index (χ1) is 18.8. The number of aliphatic hydroxyl groups is 1. The van der Waals surface area contributed by atoms with Crippen LogP contribution in [0, 0.1) is 5.41 Å². The molecular formula is C27H33F2N7O2S. The first-order valence-electron chi connectivity index (χ1n) is 13.5. The number of aliphatic hydroxyl groups excluding tert-OH is 1. The summed E-state index contributed by atoms with van der Waals surface area (Å²) in [6.07, 6.45) is 7.75. The van der Waals surface area contributed by atoms with Gasteiger partial charge < -0.3 is 24.9 Å². The van der Waals surface area contributed by atoms with Crippen LogP contribution < -0.4 is 19.8 Å². The number of nitrogens with one attached hydrogen (secondary N) is 2. The van der Waals surface area contributed by atoms with Crippen LogP contribution in [0.4, 0.5) is 31.9 Å². The van der Waals surface area contributed by atoms with Gasteiger partial charge >= 0.3 is 0 Å². The van der Waals surface area contributed by atoms with Gasteiger partial charge in [0.25, 0.3) is 11.8 Å². The summed E-state index contributed by atoms with van der Waals surface area (Å²) in [4.78, 5) is 26.8. The molecule has 1 saturated carbocycles. The largest absolute Gasteiger partial charge is 0.395 e. The summed E-state index contributed by atoms with van der Waals surface area (Å²) >= 11 is 1.42. The number of aromatic nitrogens is 3. The van der Waals surface area contributed by atoms with E-state index in [-0.39, 0.29) is 38.4 Å². The van der Waals surface area contributed by atoms with Gasteiger partial charge in [-0.25, -0.2) is 13.8 Å². The van der Waals surface area contributed by atoms with Crippen LogP contribution in [0.25, 0.3) is 5.65 Å². The van der Waals surface area contributed by atoms with Crippen molar-refractivity contribution in [1.82, 2.24) is 14.4 Å². The fourth-order valence-corrected chi connectivity index (χ4v) is 6.03. The number of piperidine rings is 2. The second-order valence-corrected chi connectivity index (χ2v) is 11.7. The summed E-state index contributed by atoms with van der Waals surface area (Å²) in [5, 5.41) is 12.1. The van der Waals surface area contributed by atoms with Crippen LogP contribution in [0.3, 0.4) is 0 Å². The Kier molecular flexibility index (Phi) is 7.00. The SMILES string of the molecule is O=C(Nc1cc2nccn2c(N2CCC(F)(F)CC2)n1)c1ccc(NSCCO)cc1N1CCC2(CC1)CC2. The number of fused-ring (bicyclic) bond motifs is 1. The lowest BCUT2D eigenvalue weighted by atomic mass is 9.93. The maximum absolute atomic E-state index is 13.8. The van der Waals surface area contributed by atoms with Gasteiger partial charge in [-0.3, -0.25) is 9.20 Å². The lowest BCUT2D eigenvalue weighted by Gasteiger charge is -2.35. The first kappa shape index (κ1) is 26.1. The number of hydrogen-bond acceptors (Lipinski definition) is 8. The summed E-state index contributed by atoms with van der Waals surface area (Å²) in [7, 11) is 0. The zero-order chi connectivity index (χ0) is 27.0. The third kappa shape index (κ3) is 5.62. The third-order valence-corrected chi connectivity index (χ3v) is 8.90. The summed E-state index contributed by atoms with van der Waals surface area (Å²) in [6.45, 7) is 2.22. The van der Waals surface area contributed by atoms with E-state index in [0.717, 1.165) is 37.3 Å². The van der Waals surface area contributed by atoms with Gasteiger partial charge in [-0.1, -0.05) is 11.9 Å². The molecule has 0 atom stereocenters. The van der Waals surface area contributed by atoms with Gasteiger partial charge in [-0.15, -0.1) is 0 Å². The molecule has 2 saturated heterocycles. The van der Waals surface area contributed by atoms with Crippen molar-refractivity contribution in [3.05, 3.63) is 42.2 Å². The lowest BCUT2D eigenvalue weighted by Crippen LogP contribution is -2.40. The highest BCUT2D eigenvalue weighted by Gasteiger charge is 2.44. The Morgan fingerprint density at radius 2 is 1.77 bits per heavy atom. The van der Waals surface area contributed by atoms with Crippen molar-refractivity contribution in [1.29, 1.82) is 0 Å². The van der Waals surface area contributed by atoms with Gasteiger partial charge in [-0.2, -0.15) is 4.98 Å². The topological polar surface area (TPSA) is 98.0 Å². The highest BCUT2D eigenvalue weighted by atomic mass is 32.2. The number of anilines is 4. The normalized spacial score (nSPS) is 19.9. The predicted molar refractivity (Wildman–Crippen MR) is 150 cm³/mol. The van der Waals surface area contributed by atoms with Crippen LogP contribution in [-0.4, -0.2) is 69.8 Å². The molecule has 1 amide bonds. The number of alkyl halides is 2. The number of amides is 1. The third-order valence-electron chi connectivity index (χ3n) is 8.14. The number of carbonyl (C=O) groups is 1. The van der Waals surface area contributed by atoms with E-state index < -0.39 is 5.92 Å². The molecule has 2 aromatic heterocycles. The standard InChI is InChI=1S/C27H33F2N7O2S/c28-27(29)7-12-35(13-8-27)25-32-22(18-23-30-9-14-36(23)25)31-24(38)20-2-1-19(33-39-16-15-37)17-21(20)34-10-5-26(3-4-26)6-11-34/h1-2,9,14,17-18,33,37H,3-8,10-13,15-16H2,(H,31,38). The Hall–Kier alpha value is -3.12. The van der Waals surface area contributed by atoms with Gasteiger partial charge in [0.1, 0.15) is 11.5 Å². The van der Waals surface area contributed by atoms with Crippen LogP contribution in [-0.2, 0) is 0 Å². The molecule has 2 aliphatic heterocycles. The van der Waals surface area contributed by atoms with Crippen molar-refractivity contribution in [2.75, 3.05) is 58.4 Å². The van der Waals surface area contributed by atoms with E-state index in [1.807, 2.05) is 23.1 Å². The average Bonchev–Trinajstić information content (AvgIpc) is 3.50. The maximum atomic E-state index is 13.8. The monoisotopic (exact) mass is 557 g/mol. The lowest BCUT2D eigenvalue weighted by molar-refractivity contribution is -0.0222. The van der Waals surface area contributed by atoms with Crippen LogP contribution in [0.15, 0.2) is 36.7 Å². The molecule has 12 heteroatoms. The van der Waals surface area contributed by atoms with Crippen molar-refractivity contribution in [3.8, 4) is 0 Å². The number of nitrogens with zero attached hydrogens (tertiary/aromatic N) is 5. The maximum Gasteiger partial charge on any atom is 0.258 e. The summed E-state index contributed by atoms with van der Waals surface area (Å²) < 4.78 is 32.6. The zero-order valence-electron chi connectivity index (χ0n) is 21.7. The van der Waals surface area contributed by atoms with Crippen LogP contribution in [0.5, 0.6) is 0 Å². The number of hydrogen-bond donors (Lipinski definition) is 3. The Morgan fingerprint density at radius 3 is 2.49 bits per heavy atom. The second-order valence-electron chi connectivity index (χ2n) is 10.8. The molecule has 1 spiro atoms. The predicted octanol–water partition coefficient (Wildman–Crippen LogP) is 4.65. The minimum absolute atomic E-state index is 0.0783. The average molecular weight is 558 g/mol. The number of halogens is 2. The van der Waals surface area contributed by atoms with Crippen molar-refractivity contribution in [3.63, 3.8) is 0 Å². The molecule has 4 heterocycles. The fraction of sp³-hybridized carbons (Fsp3) is 0.519. The molecule has 1 aromatic carbocycles. The van der Waals surface area contributed by atoms with Crippen LogP contribution in [0.2, 0.25) is 0 Å². The van der Waals surface area contributed by atoms with Gasteiger partial charge in [0.15, 0.2) is 0 Å². The first-order valence-corrected chi connectivity index (χ1v) is 14.5. The van der Waals surface area contributed by atoms with E-state index in [1.165, 1.54) is 24.8 Å². The van der Waals surface area contributed by atoms with E-state index in [4.69, 9.17) is 5.11 Å². The fourth-order valence-electron chi connectivity index (χ4n) is 5.54. The molecule has 3 aromatic rings. The van der Waals surface area contributed by atoms with E-state index in [1.54, 1.807) is 22.9 Å². The van der Waals surface area contributed by atoms with Crippen LogP contribution >= 0.6 is 11.9 Å². The number of benzene rings is 1. The summed E-state index contributed by atoms with van der Waals surface area (Å²) in [5.74, 6) is -1.58. The highest BCUT2D eigenvalue weighted by Crippen LogP contribution is 2.54. The smallest absolute Gasteiger partial charge is 0.258 e. The minimum Gasteiger partial charge on any atom is -0.395 e. The molecule has 9 nitrogen and oxygen atoms in total.